The third-order valence-corrected chi connectivity index (χ3v) is 5.72. The van der Waals surface area contributed by atoms with Crippen LogP contribution < -0.4 is 5.56 Å². The van der Waals surface area contributed by atoms with Crippen LogP contribution in [-0.2, 0) is 13.0 Å². The summed E-state index contributed by atoms with van der Waals surface area (Å²) in [7, 11) is 0. The first kappa shape index (κ1) is 16.4. The minimum absolute atomic E-state index is 0.0924. The van der Waals surface area contributed by atoms with E-state index in [1.807, 2.05) is 13.8 Å². The summed E-state index contributed by atoms with van der Waals surface area (Å²) in [6.45, 7) is 8.80. The van der Waals surface area contributed by atoms with E-state index in [0.717, 1.165) is 42.3 Å². The third-order valence-electron chi connectivity index (χ3n) is 4.67. The molecule has 0 bridgehead atoms. The van der Waals surface area contributed by atoms with Gasteiger partial charge in [0.25, 0.3) is 5.56 Å². The molecule has 0 aromatic carbocycles. The van der Waals surface area contributed by atoms with Crippen molar-refractivity contribution in [3.05, 3.63) is 44.6 Å². The second-order valence-corrected chi connectivity index (χ2v) is 7.72. The van der Waals surface area contributed by atoms with Crippen LogP contribution in [-0.4, -0.2) is 42.4 Å². The van der Waals surface area contributed by atoms with Crippen LogP contribution in [0.1, 0.15) is 41.5 Å². The molecule has 0 aliphatic carbocycles. The van der Waals surface area contributed by atoms with Crippen molar-refractivity contribution in [3.8, 4) is 0 Å². The summed E-state index contributed by atoms with van der Waals surface area (Å²) in [6.07, 6.45) is 1.89. The summed E-state index contributed by atoms with van der Waals surface area (Å²) in [5.41, 5.74) is 3.00. The van der Waals surface area contributed by atoms with Crippen molar-refractivity contribution >= 4 is 16.3 Å². The zero-order chi connectivity index (χ0) is 17.6. The lowest BCUT2D eigenvalue weighted by Gasteiger charge is -2.16. The van der Waals surface area contributed by atoms with Gasteiger partial charge in [-0.1, -0.05) is 18.3 Å². The predicted molar refractivity (Wildman–Crippen MR) is 97.1 cm³/mol. The fraction of sp³-hybridized carbons (Fsp3) is 0.529. The minimum atomic E-state index is -0.0924. The number of aromatic nitrogens is 5. The van der Waals surface area contributed by atoms with E-state index >= 15 is 0 Å². The van der Waals surface area contributed by atoms with E-state index in [1.54, 1.807) is 6.07 Å². The van der Waals surface area contributed by atoms with Crippen molar-refractivity contribution in [3.63, 3.8) is 0 Å². The maximum Gasteiger partial charge on any atom is 0.275 e. The van der Waals surface area contributed by atoms with E-state index in [0.29, 0.717) is 17.5 Å². The van der Waals surface area contributed by atoms with Crippen LogP contribution in [0.5, 0.6) is 0 Å². The molecule has 132 valence electrons. The Morgan fingerprint density at radius 1 is 1.28 bits per heavy atom. The maximum atomic E-state index is 12.3. The van der Waals surface area contributed by atoms with Crippen LogP contribution in [0.2, 0.25) is 0 Å². The quantitative estimate of drug-likeness (QED) is 0.713. The number of aryl methyl sites for hydroxylation is 3. The first-order chi connectivity index (χ1) is 12.0. The zero-order valence-corrected chi connectivity index (χ0v) is 15.6. The summed E-state index contributed by atoms with van der Waals surface area (Å²) in [4.78, 5) is 19.9. The van der Waals surface area contributed by atoms with Crippen molar-refractivity contribution in [2.24, 2.45) is 0 Å². The van der Waals surface area contributed by atoms with Crippen LogP contribution in [0.15, 0.2) is 16.9 Å². The lowest BCUT2D eigenvalue weighted by Crippen LogP contribution is -2.24. The van der Waals surface area contributed by atoms with E-state index in [1.165, 1.54) is 21.5 Å². The minimum Gasteiger partial charge on any atom is -0.295 e. The summed E-state index contributed by atoms with van der Waals surface area (Å²) >= 11 is 1.49. The van der Waals surface area contributed by atoms with Gasteiger partial charge in [-0.05, 0) is 32.8 Å². The average molecular weight is 358 g/mol. The summed E-state index contributed by atoms with van der Waals surface area (Å²) < 4.78 is 3.55. The van der Waals surface area contributed by atoms with Gasteiger partial charge in [0.15, 0.2) is 0 Å². The molecule has 1 saturated heterocycles. The van der Waals surface area contributed by atoms with Gasteiger partial charge in [0, 0.05) is 31.4 Å². The van der Waals surface area contributed by atoms with Crippen molar-refractivity contribution in [1.29, 1.82) is 0 Å². The molecule has 0 amide bonds. The molecule has 8 heteroatoms. The van der Waals surface area contributed by atoms with E-state index in [9.17, 15) is 4.79 Å². The fourth-order valence-corrected chi connectivity index (χ4v) is 4.38. The first-order valence-corrected chi connectivity index (χ1v) is 9.49. The van der Waals surface area contributed by atoms with Crippen LogP contribution in [0.25, 0.3) is 4.96 Å². The second-order valence-electron chi connectivity index (χ2n) is 6.68. The van der Waals surface area contributed by atoms with Crippen LogP contribution in [0.3, 0.4) is 0 Å². The normalized spacial score (nSPS) is 18.4. The number of fused-ring (bicyclic) bond motifs is 1. The van der Waals surface area contributed by atoms with Crippen LogP contribution in [0.4, 0.5) is 0 Å². The molecule has 0 radical (unpaired) electrons. The number of likely N-dealkylation sites (tertiary alicyclic amines) is 1. The van der Waals surface area contributed by atoms with Gasteiger partial charge in [0.2, 0.25) is 4.96 Å². The Morgan fingerprint density at radius 3 is 2.84 bits per heavy atom. The smallest absolute Gasteiger partial charge is 0.275 e. The molecule has 0 saturated carbocycles. The monoisotopic (exact) mass is 358 g/mol. The van der Waals surface area contributed by atoms with E-state index < -0.39 is 0 Å². The van der Waals surface area contributed by atoms with Crippen molar-refractivity contribution in [2.45, 2.75) is 46.2 Å². The highest BCUT2D eigenvalue weighted by molar-refractivity contribution is 7.16. The van der Waals surface area contributed by atoms with Gasteiger partial charge >= 0.3 is 0 Å². The Morgan fingerprint density at radius 2 is 2.12 bits per heavy atom. The molecule has 1 aliphatic heterocycles. The Labute approximate surface area is 149 Å². The number of hydrogen-bond acceptors (Lipinski definition) is 6. The Kier molecular flexibility index (Phi) is 4.16. The molecule has 0 spiro atoms. The average Bonchev–Trinajstić information content (AvgIpc) is 3.26. The molecule has 0 unspecified atom stereocenters. The number of rotatable bonds is 4. The van der Waals surface area contributed by atoms with Crippen molar-refractivity contribution in [1.82, 2.24) is 29.3 Å². The Hall–Kier alpha value is -2.06. The van der Waals surface area contributed by atoms with Gasteiger partial charge in [0.1, 0.15) is 5.01 Å². The van der Waals surface area contributed by atoms with Crippen LogP contribution in [0, 0.1) is 13.8 Å². The molecule has 3 aromatic rings. The topological polar surface area (TPSA) is 68.3 Å². The molecule has 4 heterocycles. The molecule has 3 aromatic heterocycles. The van der Waals surface area contributed by atoms with E-state index in [-0.39, 0.29) is 5.56 Å². The van der Waals surface area contributed by atoms with Gasteiger partial charge in [-0.3, -0.25) is 14.4 Å². The SMILES string of the molecule is CCc1nn2c(=O)cc(CN3CC[C@@H](n4nc(C)cc4C)C3)nc2s1. The number of nitrogens with zero attached hydrogens (tertiary/aromatic N) is 6. The fourth-order valence-electron chi connectivity index (χ4n) is 3.52. The molecule has 7 nitrogen and oxygen atoms in total. The Balaban J connectivity index is 1.52. The predicted octanol–water partition coefficient (Wildman–Crippen LogP) is 1.97. The lowest BCUT2D eigenvalue weighted by molar-refractivity contribution is 0.307. The first-order valence-electron chi connectivity index (χ1n) is 8.67. The van der Waals surface area contributed by atoms with Crippen molar-refractivity contribution < 1.29 is 0 Å². The Bertz CT molecular complexity index is 971. The molecular formula is C17H22N6OS. The van der Waals surface area contributed by atoms with E-state index in [2.05, 4.69) is 37.8 Å². The third kappa shape index (κ3) is 3.11. The van der Waals surface area contributed by atoms with Gasteiger partial charge in [-0.15, -0.1) is 0 Å². The molecule has 0 N–H and O–H groups in total. The summed E-state index contributed by atoms with van der Waals surface area (Å²) in [5, 5.41) is 9.86. The highest BCUT2D eigenvalue weighted by Gasteiger charge is 2.26. The molecule has 1 fully saturated rings. The largest absolute Gasteiger partial charge is 0.295 e. The standard InChI is InChI=1S/C17H22N6OS/c1-4-15-20-23-16(24)8-13(18-17(23)25-15)9-21-6-5-14(10-21)22-12(3)7-11(2)19-22/h7-8,14H,4-6,9-10H2,1-3H3/t14-/m1/s1. The summed E-state index contributed by atoms with van der Waals surface area (Å²) in [6, 6.07) is 4.13. The van der Waals surface area contributed by atoms with Gasteiger partial charge in [0.05, 0.1) is 17.4 Å². The lowest BCUT2D eigenvalue weighted by atomic mass is 10.2. The summed E-state index contributed by atoms with van der Waals surface area (Å²) in [5.74, 6) is 0. The van der Waals surface area contributed by atoms with E-state index in [4.69, 9.17) is 0 Å². The second kappa shape index (κ2) is 6.34. The maximum absolute atomic E-state index is 12.3. The van der Waals surface area contributed by atoms with Gasteiger partial charge in [-0.25, -0.2) is 4.98 Å². The van der Waals surface area contributed by atoms with Crippen molar-refractivity contribution in [2.75, 3.05) is 13.1 Å². The molecule has 1 atom stereocenters. The molecule has 25 heavy (non-hydrogen) atoms. The molecule has 4 rings (SSSR count). The zero-order valence-electron chi connectivity index (χ0n) is 14.8. The molecule has 1 aliphatic rings. The van der Waals surface area contributed by atoms with Gasteiger partial charge < -0.3 is 0 Å². The van der Waals surface area contributed by atoms with Gasteiger partial charge in [-0.2, -0.15) is 14.7 Å². The highest BCUT2D eigenvalue weighted by atomic mass is 32.1. The molecular weight excluding hydrogens is 336 g/mol. The van der Waals surface area contributed by atoms with Crippen LogP contribution >= 0.6 is 11.3 Å². The number of hydrogen-bond donors (Lipinski definition) is 0. The highest BCUT2D eigenvalue weighted by Crippen LogP contribution is 2.24.